The summed E-state index contributed by atoms with van der Waals surface area (Å²) in [6.45, 7) is 2.28. The minimum absolute atomic E-state index is 0.0215. The van der Waals surface area contributed by atoms with Gasteiger partial charge in [-0.3, -0.25) is 9.69 Å². The molecule has 1 saturated heterocycles. The van der Waals surface area contributed by atoms with E-state index < -0.39 is 22.9 Å². The highest BCUT2D eigenvalue weighted by Gasteiger charge is 2.22. The van der Waals surface area contributed by atoms with Crippen molar-refractivity contribution >= 4 is 6.09 Å². The fraction of sp³-hybridized carbons (Fsp3) is 0.368. The van der Waals surface area contributed by atoms with E-state index in [0.717, 1.165) is 10.6 Å². The van der Waals surface area contributed by atoms with E-state index in [1.807, 2.05) is 4.90 Å². The van der Waals surface area contributed by atoms with Gasteiger partial charge in [0, 0.05) is 50.0 Å². The highest BCUT2D eigenvalue weighted by molar-refractivity contribution is 5.67. The van der Waals surface area contributed by atoms with E-state index in [-0.39, 0.29) is 18.2 Å². The summed E-state index contributed by atoms with van der Waals surface area (Å²) in [6, 6.07) is 5.33. The lowest BCUT2D eigenvalue weighted by Gasteiger charge is -2.33. The summed E-state index contributed by atoms with van der Waals surface area (Å²) in [5.41, 5.74) is -0.213. The molecule has 1 aromatic heterocycles. The molecule has 0 saturated carbocycles. The first-order valence-electron chi connectivity index (χ1n) is 8.80. The van der Waals surface area contributed by atoms with Gasteiger partial charge >= 0.3 is 6.09 Å². The van der Waals surface area contributed by atoms with Crippen LogP contribution in [-0.2, 0) is 17.8 Å². The van der Waals surface area contributed by atoms with Crippen LogP contribution >= 0.6 is 0 Å². The SMILES string of the molecule is COC(=O)N1CCN(Cc2ccn(Cc3cccc(F)c3F)c(=O)c2O)CC1. The minimum atomic E-state index is -1.01. The van der Waals surface area contributed by atoms with Crippen LogP contribution in [0.3, 0.4) is 0 Å². The summed E-state index contributed by atoms with van der Waals surface area (Å²) in [5.74, 6) is -2.42. The second-order valence-electron chi connectivity index (χ2n) is 6.57. The molecule has 1 aliphatic heterocycles. The first-order chi connectivity index (χ1) is 13.4. The topological polar surface area (TPSA) is 75.0 Å². The molecular formula is C19H21F2N3O4. The summed E-state index contributed by atoms with van der Waals surface area (Å²) >= 11 is 0. The van der Waals surface area contributed by atoms with E-state index in [2.05, 4.69) is 0 Å². The number of rotatable bonds is 4. The van der Waals surface area contributed by atoms with E-state index in [9.17, 15) is 23.5 Å². The van der Waals surface area contributed by atoms with Gasteiger partial charge in [-0.2, -0.15) is 0 Å². The van der Waals surface area contributed by atoms with E-state index in [1.54, 1.807) is 11.0 Å². The molecule has 0 unspecified atom stereocenters. The third-order valence-electron chi connectivity index (χ3n) is 4.79. The van der Waals surface area contributed by atoms with Gasteiger partial charge in [0.05, 0.1) is 13.7 Å². The zero-order valence-electron chi connectivity index (χ0n) is 15.4. The second kappa shape index (κ2) is 8.39. The number of carbonyl (C=O) groups excluding carboxylic acids is 1. The molecule has 1 N–H and O–H groups in total. The Balaban J connectivity index is 1.70. The molecule has 0 bridgehead atoms. The normalized spacial score (nSPS) is 14.9. The predicted molar refractivity (Wildman–Crippen MR) is 97.1 cm³/mol. The number of methoxy groups -OCH3 is 1. The molecule has 7 nitrogen and oxygen atoms in total. The minimum Gasteiger partial charge on any atom is -0.503 e. The van der Waals surface area contributed by atoms with Crippen LogP contribution in [-0.4, -0.2) is 58.9 Å². The molecule has 150 valence electrons. The molecule has 1 amide bonds. The molecule has 3 rings (SSSR count). The summed E-state index contributed by atoms with van der Waals surface area (Å²) < 4.78 is 33.0. The Bertz CT molecular complexity index is 924. The smallest absolute Gasteiger partial charge is 0.409 e. The van der Waals surface area contributed by atoms with Crippen LogP contribution in [0, 0.1) is 11.6 Å². The van der Waals surface area contributed by atoms with Gasteiger partial charge in [0.1, 0.15) is 0 Å². The molecule has 2 aromatic rings. The number of pyridine rings is 1. The molecule has 28 heavy (non-hydrogen) atoms. The van der Waals surface area contributed by atoms with Crippen LogP contribution in [0.1, 0.15) is 11.1 Å². The number of piperazine rings is 1. The lowest BCUT2D eigenvalue weighted by atomic mass is 10.1. The van der Waals surface area contributed by atoms with E-state index in [1.165, 1.54) is 25.4 Å². The maximum atomic E-state index is 13.8. The molecule has 9 heteroatoms. The van der Waals surface area contributed by atoms with Crippen LogP contribution in [0.4, 0.5) is 13.6 Å². The van der Waals surface area contributed by atoms with Crippen molar-refractivity contribution in [3.63, 3.8) is 0 Å². The number of halogens is 2. The molecule has 0 atom stereocenters. The average molecular weight is 393 g/mol. The maximum absolute atomic E-state index is 13.8. The number of amides is 1. The Morgan fingerprint density at radius 2 is 1.82 bits per heavy atom. The fourth-order valence-electron chi connectivity index (χ4n) is 3.16. The van der Waals surface area contributed by atoms with Gasteiger partial charge in [0.2, 0.25) is 0 Å². The monoisotopic (exact) mass is 393 g/mol. The zero-order chi connectivity index (χ0) is 20.3. The van der Waals surface area contributed by atoms with Crippen LogP contribution in [0.25, 0.3) is 0 Å². The van der Waals surface area contributed by atoms with Gasteiger partial charge in [-0.05, 0) is 12.1 Å². The van der Waals surface area contributed by atoms with E-state index in [0.29, 0.717) is 38.3 Å². The molecule has 2 heterocycles. The number of aromatic nitrogens is 1. The van der Waals surface area contributed by atoms with Crippen molar-refractivity contribution in [2.24, 2.45) is 0 Å². The number of ether oxygens (including phenoxy) is 1. The van der Waals surface area contributed by atoms with Gasteiger partial charge in [-0.15, -0.1) is 0 Å². The van der Waals surface area contributed by atoms with Crippen molar-refractivity contribution in [1.82, 2.24) is 14.4 Å². The molecule has 1 aliphatic rings. The Hall–Kier alpha value is -2.94. The number of hydrogen-bond acceptors (Lipinski definition) is 5. The Morgan fingerprint density at radius 1 is 1.11 bits per heavy atom. The number of aromatic hydroxyl groups is 1. The molecule has 1 fully saturated rings. The van der Waals surface area contributed by atoms with Crippen molar-refractivity contribution in [2.45, 2.75) is 13.1 Å². The molecule has 0 radical (unpaired) electrons. The predicted octanol–water partition coefficient (Wildman–Crippen LogP) is 1.76. The van der Waals surface area contributed by atoms with Gasteiger partial charge in [0.15, 0.2) is 17.4 Å². The highest BCUT2D eigenvalue weighted by atomic mass is 19.2. The number of carbonyl (C=O) groups is 1. The molecule has 0 aliphatic carbocycles. The lowest BCUT2D eigenvalue weighted by Crippen LogP contribution is -2.48. The van der Waals surface area contributed by atoms with Crippen LogP contribution < -0.4 is 5.56 Å². The van der Waals surface area contributed by atoms with Crippen molar-refractivity contribution in [2.75, 3.05) is 33.3 Å². The van der Waals surface area contributed by atoms with Gasteiger partial charge < -0.3 is 19.3 Å². The summed E-state index contributed by atoms with van der Waals surface area (Å²) in [5, 5.41) is 10.3. The molecule has 1 aromatic carbocycles. The lowest BCUT2D eigenvalue weighted by molar-refractivity contribution is 0.0885. The highest BCUT2D eigenvalue weighted by Crippen LogP contribution is 2.17. The largest absolute Gasteiger partial charge is 0.503 e. The quantitative estimate of drug-likeness (QED) is 0.857. The third kappa shape index (κ3) is 4.14. The van der Waals surface area contributed by atoms with E-state index >= 15 is 0 Å². The van der Waals surface area contributed by atoms with Gasteiger partial charge in [0.25, 0.3) is 5.56 Å². The molecular weight excluding hydrogens is 372 g/mol. The van der Waals surface area contributed by atoms with Crippen molar-refractivity contribution in [1.29, 1.82) is 0 Å². The van der Waals surface area contributed by atoms with Gasteiger partial charge in [-0.1, -0.05) is 12.1 Å². The van der Waals surface area contributed by atoms with Crippen LogP contribution in [0.15, 0.2) is 35.3 Å². The van der Waals surface area contributed by atoms with Crippen LogP contribution in [0.2, 0.25) is 0 Å². The van der Waals surface area contributed by atoms with Gasteiger partial charge in [-0.25, -0.2) is 13.6 Å². The van der Waals surface area contributed by atoms with E-state index in [4.69, 9.17) is 4.74 Å². The Labute approximate surface area is 160 Å². The standard InChI is InChI=1S/C19H21F2N3O4/c1-28-19(27)23-9-7-22(8-10-23)11-14-5-6-24(18(26)17(14)25)12-13-3-2-4-15(20)16(13)21/h2-6,25H,7-12H2,1H3. The number of hydrogen-bond donors (Lipinski definition) is 1. The zero-order valence-corrected chi connectivity index (χ0v) is 15.4. The van der Waals surface area contributed by atoms with Crippen molar-refractivity contribution in [3.05, 3.63) is 63.6 Å². The Morgan fingerprint density at radius 3 is 2.50 bits per heavy atom. The first kappa shape index (κ1) is 19.8. The third-order valence-corrected chi connectivity index (χ3v) is 4.79. The Kier molecular flexibility index (Phi) is 5.93. The molecule has 0 spiro atoms. The number of benzene rings is 1. The summed E-state index contributed by atoms with van der Waals surface area (Å²) in [4.78, 5) is 27.5. The maximum Gasteiger partial charge on any atom is 0.409 e. The number of nitrogens with zero attached hydrogens (tertiary/aromatic N) is 3. The first-order valence-corrected chi connectivity index (χ1v) is 8.80. The fourth-order valence-corrected chi connectivity index (χ4v) is 3.16. The second-order valence-corrected chi connectivity index (χ2v) is 6.57. The van der Waals surface area contributed by atoms with Crippen molar-refractivity contribution in [3.8, 4) is 5.75 Å². The van der Waals surface area contributed by atoms with Crippen LogP contribution in [0.5, 0.6) is 5.75 Å². The summed E-state index contributed by atoms with van der Waals surface area (Å²) in [6.07, 6.45) is 1.07. The van der Waals surface area contributed by atoms with Crippen molar-refractivity contribution < 1.29 is 23.4 Å². The average Bonchev–Trinajstić information content (AvgIpc) is 2.71. The summed E-state index contributed by atoms with van der Waals surface area (Å²) in [7, 11) is 1.33.